The second kappa shape index (κ2) is 9.36. The third-order valence-electron chi connectivity index (χ3n) is 5.49. The van der Waals surface area contributed by atoms with Crippen molar-refractivity contribution in [2.24, 2.45) is 0 Å². The van der Waals surface area contributed by atoms with Gasteiger partial charge in [-0.15, -0.1) is 9.24 Å². The zero-order chi connectivity index (χ0) is 23.8. The monoisotopic (exact) mass is 487 g/mol. The van der Waals surface area contributed by atoms with Gasteiger partial charge < -0.3 is 10.2 Å². The summed E-state index contributed by atoms with van der Waals surface area (Å²) >= 11 is 0. The second-order valence-corrected chi connectivity index (χ2v) is 10.1. The first-order chi connectivity index (χ1) is 15.7. The number of hydrogen-bond acceptors (Lipinski definition) is 5. The maximum absolute atomic E-state index is 14.9. The van der Waals surface area contributed by atoms with Crippen LogP contribution in [-0.4, -0.2) is 39.4 Å². The summed E-state index contributed by atoms with van der Waals surface area (Å²) in [6.45, 7) is 4.43. The van der Waals surface area contributed by atoms with Crippen LogP contribution in [0.3, 0.4) is 0 Å². The lowest BCUT2D eigenvalue weighted by molar-refractivity contribution is 0.102. The lowest BCUT2D eigenvalue weighted by Gasteiger charge is -2.24. The van der Waals surface area contributed by atoms with Gasteiger partial charge in [-0.1, -0.05) is 35.2 Å². The van der Waals surface area contributed by atoms with E-state index in [-0.39, 0.29) is 18.0 Å². The zero-order valence-corrected chi connectivity index (χ0v) is 20.7. The third-order valence-corrected chi connectivity index (χ3v) is 6.44. The number of halogens is 2. The van der Waals surface area contributed by atoms with Crippen LogP contribution in [0.15, 0.2) is 42.9 Å². The molecule has 3 atom stereocenters. The summed E-state index contributed by atoms with van der Waals surface area (Å²) in [5.74, 6) is 0.245. The maximum Gasteiger partial charge on any atom is 0.258 e. The summed E-state index contributed by atoms with van der Waals surface area (Å²) in [6, 6.07) is 6.38. The highest BCUT2D eigenvalue weighted by Gasteiger charge is 2.36. The number of aromatic nitrogens is 3. The smallest absolute Gasteiger partial charge is 0.258 e. The van der Waals surface area contributed by atoms with Crippen molar-refractivity contribution in [2.75, 3.05) is 23.3 Å². The highest BCUT2D eigenvalue weighted by atomic mass is 31.0. The Balaban J connectivity index is 1.79. The fourth-order valence-electron chi connectivity index (χ4n) is 3.76. The number of alkyl halides is 1. The van der Waals surface area contributed by atoms with Gasteiger partial charge in [0.25, 0.3) is 5.91 Å². The Kier molecular flexibility index (Phi) is 6.69. The SMILES string of the molecule is CC(C)c1ncc(C(=O)Nc2c(-c3c(F)cccc3P)ccnc2N2CCC(F)(P)C2)cn1. The molecule has 1 aliphatic heterocycles. The highest BCUT2D eigenvalue weighted by Crippen LogP contribution is 2.41. The predicted molar refractivity (Wildman–Crippen MR) is 133 cm³/mol. The van der Waals surface area contributed by atoms with Gasteiger partial charge in [-0.3, -0.25) is 4.79 Å². The number of pyridine rings is 1. The Bertz CT molecular complexity index is 1170. The van der Waals surface area contributed by atoms with E-state index in [0.717, 1.165) is 0 Å². The molecule has 1 aliphatic rings. The van der Waals surface area contributed by atoms with Gasteiger partial charge in [0.1, 0.15) is 17.1 Å². The van der Waals surface area contributed by atoms with E-state index in [4.69, 9.17) is 0 Å². The quantitative estimate of drug-likeness (QED) is 0.544. The summed E-state index contributed by atoms with van der Waals surface area (Å²) in [5, 5.41) is 2.04. The van der Waals surface area contributed by atoms with Crippen molar-refractivity contribution in [3.8, 4) is 11.1 Å². The van der Waals surface area contributed by atoms with E-state index >= 15 is 0 Å². The molecule has 0 spiro atoms. The van der Waals surface area contributed by atoms with Crippen molar-refractivity contribution in [3.63, 3.8) is 0 Å². The van der Waals surface area contributed by atoms with E-state index in [0.29, 0.717) is 46.7 Å². The summed E-state index contributed by atoms with van der Waals surface area (Å²) < 4.78 is 29.5. The second-order valence-electron chi connectivity index (χ2n) is 8.41. The van der Waals surface area contributed by atoms with Gasteiger partial charge in [0.05, 0.1) is 17.8 Å². The van der Waals surface area contributed by atoms with E-state index in [1.54, 1.807) is 29.3 Å². The molecule has 3 unspecified atom stereocenters. The van der Waals surface area contributed by atoms with Crippen molar-refractivity contribution < 1.29 is 13.6 Å². The topological polar surface area (TPSA) is 71.0 Å². The zero-order valence-electron chi connectivity index (χ0n) is 18.3. The van der Waals surface area contributed by atoms with Gasteiger partial charge in [0.15, 0.2) is 5.82 Å². The Hall–Kier alpha value is -2.56. The summed E-state index contributed by atoms with van der Waals surface area (Å²) in [6.07, 6.45) is 4.76. The fourth-order valence-corrected chi connectivity index (χ4v) is 4.52. The number of amides is 1. The molecule has 0 bridgehead atoms. The summed E-state index contributed by atoms with van der Waals surface area (Å²) in [4.78, 5) is 27.8. The van der Waals surface area contributed by atoms with Crippen LogP contribution in [0.5, 0.6) is 0 Å². The molecule has 6 nitrogen and oxygen atoms in total. The van der Waals surface area contributed by atoms with Crippen LogP contribution in [0.1, 0.15) is 42.4 Å². The van der Waals surface area contributed by atoms with E-state index in [1.165, 1.54) is 18.5 Å². The molecule has 3 heterocycles. The van der Waals surface area contributed by atoms with E-state index in [9.17, 15) is 13.6 Å². The molecule has 1 aromatic carbocycles. The van der Waals surface area contributed by atoms with Gasteiger partial charge in [-0.2, -0.15) is 0 Å². The molecule has 4 rings (SSSR count). The molecule has 1 fully saturated rings. The van der Waals surface area contributed by atoms with Crippen LogP contribution >= 0.6 is 18.5 Å². The average molecular weight is 487 g/mol. The Morgan fingerprint density at radius 3 is 2.55 bits per heavy atom. The first kappa shape index (κ1) is 23.6. The van der Waals surface area contributed by atoms with Crippen molar-refractivity contribution in [1.29, 1.82) is 0 Å². The van der Waals surface area contributed by atoms with Crippen LogP contribution in [0.25, 0.3) is 11.1 Å². The highest BCUT2D eigenvalue weighted by molar-refractivity contribution is 7.28. The van der Waals surface area contributed by atoms with Gasteiger partial charge in [0, 0.05) is 48.6 Å². The molecule has 3 aromatic rings. The van der Waals surface area contributed by atoms with Gasteiger partial charge in [0.2, 0.25) is 0 Å². The van der Waals surface area contributed by atoms with Gasteiger partial charge in [-0.25, -0.2) is 23.7 Å². The Morgan fingerprint density at radius 1 is 1.21 bits per heavy atom. The van der Waals surface area contributed by atoms with Gasteiger partial charge >= 0.3 is 0 Å². The third kappa shape index (κ3) is 5.02. The minimum Gasteiger partial charge on any atom is -0.351 e. The van der Waals surface area contributed by atoms with Crippen LogP contribution < -0.4 is 15.5 Å². The number of anilines is 2. The fraction of sp³-hybridized carbons (Fsp3) is 0.304. The molecule has 1 saturated heterocycles. The minimum atomic E-state index is -1.46. The molecule has 1 amide bonds. The van der Waals surface area contributed by atoms with Crippen molar-refractivity contribution in [1.82, 2.24) is 15.0 Å². The molecule has 0 saturated carbocycles. The number of benzene rings is 1. The van der Waals surface area contributed by atoms with Crippen molar-refractivity contribution in [3.05, 3.63) is 60.1 Å². The van der Waals surface area contributed by atoms with E-state index in [1.807, 2.05) is 13.8 Å². The van der Waals surface area contributed by atoms with Crippen LogP contribution in [0, 0.1) is 5.82 Å². The molecule has 172 valence electrons. The predicted octanol–water partition coefficient (Wildman–Crippen LogP) is 4.30. The van der Waals surface area contributed by atoms with E-state index in [2.05, 4.69) is 38.7 Å². The first-order valence-corrected chi connectivity index (χ1v) is 11.7. The summed E-state index contributed by atoms with van der Waals surface area (Å²) in [5.41, 5.74) is 1.35. The Labute approximate surface area is 196 Å². The molecular formula is C23H25F2N5OP2. The largest absolute Gasteiger partial charge is 0.351 e. The molecule has 0 radical (unpaired) electrons. The molecule has 33 heavy (non-hydrogen) atoms. The number of hydrogen-bond donors (Lipinski definition) is 1. The van der Waals surface area contributed by atoms with E-state index < -0.39 is 17.1 Å². The number of nitrogens with zero attached hydrogens (tertiary/aromatic N) is 4. The number of rotatable bonds is 5. The van der Waals surface area contributed by atoms with Gasteiger partial charge in [-0.05, 0) is 17.4 Å². The van der Waals surface area contributed by atoms with Crippen LogP contribution in [0.2, 0.25) is 0 Å². The number of carbonyl (C=O) groups excluding carboxylic acids is 1. The average Bonchev–Trinajstić information content (AvgIpc) is 3.14. The summed E-state index contributed by atoms with van der Waals surface area (Å²) in [7, 11) is 4.75. The lowest BCUT2D eigenvalue weighted by atomic mass is 10.0. The number of carbonyl (C=O) groups is 1. The Morgan fingerprint density at radius 2 is 1.94 bits per heavy atom. The molecular weight excluding hydrogens is 462 g/mol. The molecule has 0 aliphatic carbocycles. The van der Waals surface area contributed by atoms with Crippen LogP contribution in [-0.2, 0) is 0 Å². The lowest BCUT2D eigenvalue weighted by Crippen LogP contribution is -2.27. The molecule has 10 heteroatoms. The number of nitrogens with one attached hydrogen (secondary N) is 1. The minimum absolute atomic E-state index is 0.0915. The molecule has 1 N–H and O–H groups in total. The van der Waals surface area contributed by atoms with Crippen LogP contribution in [0.4, 0.5) is 20.3 Å². The normalized spacial score (nSPS) is 18.1. The maximum atomic E-state index is 14.9. The first-order valence-electron chi connectivity index (χ1n) is 10.6. The standard InChI is InChI=1S/C23H25F2N5OP2/c1-13(2)20-27-10-14(11-28-20)22(31)29-19-15(18-16(24)4-3-5-17(18)32)6-8-26-21(19)30-9-7-23(25,33)12-30/h3-6,8,10-11,13H,7,9,12,32-33H2,1-2H3,(H,29,31). The van der Waals surface area contributed by atoms with Crippen molar-refractivity contribution in [2.45, 2.75) is 31.6 Å². The van der Waals surface area contributed by atoms with Crippen molar-refractivity contribution >= 4 is 41.2 Å². The molecule has 2 aromatic heterocycles.